The quantitative estimate of drug-likeness (QED) is 0.820. The molecule has 2 rings (SSSR count). The molecule has 0 spiro atoms. The fourth-order valence-corrected chi connectivity index (χ4v) is 2.03. The summed E-state index contributed by atoms with van der Waals surface area (Å²) in [6, 6.07) is 10.1. The molecule has 0 saturated heterocycles. The number of carboxylic acids is 1. The average Bonchev–Trinajstić information content (AvgIpc) is 2.33. The number of hydrogen-bond acceptors (Lipinski definition) is 2. The number of rotatable bonds is 2. The van der Waals surface area contributed by atoms with Crippen molar-refractivity contribution in [3.8, 4) is 11.1 Å². The lowest BCUT2D eigenvalue weighted by Gasteiger charge is -2.09. The van der Waals surface area contributed by atoms with Crippen molar-refractivity contribution in [1.82, 2.24) is 0 Å². The van der Waals surface area contributed by atoms with Gasteiger partial charge in [0, 0.05) is 10.6 Å². The Balaban J connectivity index is 2.57. The average molecular weight is 282 g/mol. The standard InChI is InChI=1S/C13H9Cl2NO2/c14-8-3-1-7(2-4-8)9-5-6-10(13(17)18)12(16)11(9)15/h1-6H,16H2,(H,17,18). The Kier molecular flexibility index (Phi) is 3.45. The topological polar surface area (TPSA) is 63.3 Å². The molecule has 2 aromatic rings. The van der Waals surface area contributed by atoms with Crippen molar-refractivity contribution in [1.29, 1.82) is 0 Å². The predicted molar refractivity (Wildman–Crippen MR) is 73.3 cm³/mol. The molecular weight excluding hydrogens is 273 g/mol. The van der Waals surface area contributed by atoms with Gasteiger partial charge in [0.1, 0.15) is 0 Å². The smallest absolute Gasteiger partial charge is 0.337 e. The van der Waals surface area contributed by atoms with Crippen LogP contribution in [0.15, 0.2) is 36.4 Å². The Labute approximate surface area is 114 Å². The van der Waals surface area contributed by atoms with E-state index in [1.54, 1.807) is 30.3 Å². The molecule has 0 saturated carbocycles. The van der Waals surface area contributed by atoms with Gasteiger partial charge < -0.3 is 10.8 Å². The summed E-state index contributed by atoms with van der Waals surface area (Å²) in [4.78, 5) is 10.9. The van der Waals surface area contributed by atoms with Gasteiger partial charge in [-0.3, -0.25) is 0 Å². The molecule has 0 unspecified atom stereocenters. The molecule has 0 amide bonds. The zero-order chi connectivity index (χ0) is 13.3. The molecule has 0 aromatic heterocycles. The second kappa shape index (κ2) is 4.88. The number of nitrogens with two attached hydrogens (primary N) is 1. The summed E-state index contributed by atoms with van der Waals surface area (Å²) in [5.74, 6) is -1.10. The molecule has 0 aliphatic rings. The second-order valence-electron chi connectivity index (χ2n) is 3.70. The summed E-state index contributed by atoms with van der Waals surface area (Å²) >= 11 is 11.9. The highest BCUT2D eigenvalue weighted by Gasteiger charge is 2.14. The van der Waals surface area contributed by atoms with Gasteiger partial charge in [-0.15, -0.1) is 0 Å². The number of benzene rings is 2. The third-order valence-corrected chi connectivity index (χ3v) is 3.22. The van der Waals surface area contributed by atoms with Crippen molar-refractivity contribution >= 4 is 34.9 Å². The van der Waals surface area contributed by atoms with Crippen LogP contribution in [0.25, 0.3) is 11.1 Å². The second-order valence-corrected chi connectivity index (χ2v) is 4.51. The fraction of sp³-hybridized carbons (Fsp3) is 0. The first-order valence-corrected chi connectivity index (χ1v) is 5.83. The van der Waals surface area contributed by atoms with Gasteiger partial charge in [0.05, 0.1) is 16.3 Å². The van der Waals surface area contributed by atoms with Crippen LogP contribution in [-0.4, -0.2) is 11.1 Å². The highest BCUT2D eigenvalue weighted by molar-refractivity contribution is 6.36. The molecule has 0 aliphatic heterocycles. The molecule has 0 fully saturated rings. The highest BCUT2D eigenvalue weighted by Crippen LogP contribution is 2.34. The molecule has 0 bridgehead atoms. The van der Waals surface area contributed by atoms with Crippen LogP contribution in [0.3, 0.4) is 0 Å². The minimum Gasteiger partial charge on any atom is -0.478 e. The van der Waals surface area contributed by atoms with Crippen molar-refractivity contribution in [3.05, 3.63) is 52.0 Å². The first-order valence-electron chi connectivity index (χ1n) is 5.08. The van der Waals surface area contributed by atoms with E-state index in [0.29, 0.717) is 10.6 Å². The summed E-state index contributed by atoms with van der Waals surface area (Å²) in [7, 11) is 0. The van der Waals surface area contributed by atoms with Crippen LogP contribution >= 0.6 is 23.2 Å². The molecule has 18 heavy (non-hydrogen) atoms. The van der Waals surface area contributed by atoms with Crippen LogP contribution < -0.4 is 5.73 Å². The Hall–Kier alpha value is -1.71. The highest BCUT2D eigenvalue weighted by atomic mass is 35.5. The van der Waals surface area contributed by atoms with Crippen LogP contribution in [0.1, 0.15) is 10.4 Å². The zero-order valence-electron chi connectivity index (χ0n) is 9.15. The van der Waals surface area contributed by atoms with Gasteiger partial charge in [0.2, 0.25) is 0 Å². The Morgan fingerprint density at radius 2 is 1.67 bits per heavy atom. The molecule has 5 heteroatoms. The van der Waals surface area contributed by atoms with Crippen LogP contribution in [0.4, 0.5) is 5.69 Å². The van der Waals surface area contributed by atoms with E-state index < -0.39 is 5.97 Å². The van der Waals surface area contributed by atoms with Crippen LogP contribution in [0.2, 0.25) is 10.0 Å². The summed E-state index contributed by atoms with van der Waals surface area (Å²) < 4.78 is 0. The third-order valence-electron chi connectivity index (χ3n) is 2.57. The van der Waals surface area contributed by atoms with Crippen LogP contribution in [-0.2, 0) is 0 Å². The van der Waals surface area contributed by atoms with Gasteiger partial charge in [-0.05, 0) is 23.8 Å². The lowest BCUT2D eigenvalue weighted by molar-refractivity contribution is 0.0698. The number of nitrogen functional groups attached to an aromatic ring is 1. The SMILES string of the molecule is Nc1c(C(=O)O)ccc(-c2ccc(Cl)cc2)c1Cl. The first kappa shape index (κ1) is 12.7. The maximum absolute atomic E-state index is 10.9. The monoisotopic (exact) mass is 281 g/mol. The maximum atomic E-state index is 10.9. The van der Waals surface area contributed by atoms with E-state index in [2.05, 4.69) is 0 Å². The number of carbonyl (C=O) groups is 1. The minimum absolute atomic E-state index is 0.00212. The number of carboxylic acid groups (broad SMARTS) is 1. The van der Waals surface area contributed by atoms with Gasteiger partial charge in [-0.25, -0.2) is 4.79 Å². The van der Waals surface area contributed by atoms with E-state index in [0.717, 1.165) is 5.56 Å². The van der Waals surface area contributed by atoms with Crippen molar-refractivity contribution in [3.63, 3.8) is 0 Å². The van der Waals surface area contributed by atoms with Crippen molar-refractivity contribution in [2.45, 2.75) is 0 Å². The summed E-state index contributed by atoms with van der Waals surface area (Å²) in [6.45, 7) is 0. The lowest BCUT2D eigenvalue weighted by atomic mass is 10.0. The summed E-state index contributed by atoms with van der Waals surface area (Å²) in [5, 5.41) is 9.78. The Morgan fingerprint density at radius 3 is 2.22 bits per heavy atom. The van der Waals surface area contributed by atoms with E-state index in [-0.39, 0.29) is 16.3 Å². The zero-order valence-corrected chi connectivity index (χ0v) is 10.7. The molecule has 0 heterocycles. The van der Waals surface area contributed by atoms with Gasteiger partial charge >= 0.3 is 5.97 Å². The van der Waals surface area contributed by atoms with E-state index in [9.17, 15) is 4.79 Å². The molecule has 2 aromatic carbocycles. The van der Waals surface area contributed by atoms with Crippen LogP contribution in [0.5, 0.6) is 0 Å². The van der Waals surface area contributed by atoms with Gasteiger partial charge in [-0.2, -0.15) is 0 Å². The van der Waals surface area contributed by atoms with E-state index in [1.165, 1.54) is 6.07 Å². The molecule has 3 N–H and O–H groups in total. The van der Waals surface area contributed by atoms with Gasteiger partial charge in [-0.1, -0.05) is 41.4 Å². The first-order chi connectivity index (χ1) is 8.50. The summed E-state index contributed by atoms with van der Waals surface area (Å²) in [5.41, 5.74) is 7.28. The maximum Gasteiger partial charge on any atom is 0.337 e. The minimum atomic E-state index is -1.10. The van der Waals surface area contributed by atoms with Crippen molar-refractivity contribution < 1.29 is 9.90 Å². The van der Waals surface area contributed by atoms with Crippen LogP contribution in [0, 0.1) is 0 Å². The molecule has 0 aliphatic carbocycles. The van der Waals surface area contributed by atoms with Crippen molar-refractivity contribution in [2.75, 3.05) is 5.73 Å². The normalized spacial score (nSPS) is 10.3. The predicted octanol–water partition coefficient (Wildman–Crippen LogP) is 3.94. The molecule has 3 nitrogen and oxygen atoms in total. The number of aromatic carboxylic acids is 1. The molecular formula is C13H9Cl2NO2. The molecule has 0 atom stereocenters. The van der Waals surface area contributed by atoms with Gasteiger partial charge in [0.25, 0.3) is 0 Å². The Morgan fingerprint density at radius 1 is 1.06 bits per heavy atom. The number of anilines is 1. The van der Waals surface area contributed by atoms with Crippen molar-refractivity contribution in [2.24, 2.45) is 0 Å². The largest absolute Gasteiger partial charge is 0.478 e. The van der Waals surface area contributed by atoms with E-state index >= 15 is 0 Å². The lowest BCUT2D eigenvalue weighted by Crippen LogP contribution is -2.03. The molecule has 92 valence electrons. The number of halogens is 2. The van der Waals surface area contributed by atoms with E-state index in [1.807, 2.05) is 0 Å². The van der Waals surface area contributed by atoms with E-state index in [4.69, 9.17) is 34.0 Å². The third kappa shape index (κ3) is 2.28. The fourth-order valence-electron chi connectivity index (χ4n) is 1.63. The van der Waals surface area contributed by atoms with Gasteiger partial charge in [0.15, 0.2) is 0 Å². The number of hydrogen-bond donors (Lipinski definition) is 2. The summed E-state index contributed by atoms with van der Waals surface area (Å²) in [6.07, 6.45) is 0. The Bertz CT molecular complexity index is 609. The molecule has 0 radical (unpaired) electrons.